The molecule has 0 amide bonds. The van der Waals surface area contributed by atoms with Gasteiger partial charge in [0.1, 0.15) is 15.8 Å². The Hall–Kier alpha value is -2.29. The van der Waals surface area contributed by atoms with Gasteiger partial charge in [-0.2, -0.15) is 0 Å². The van der Waals surface area contributed by atoms with Crippen LogP contribution in [-0.2, 0) is 16.0 Å². The third-order valence-electron chi connectivity index (χ3n) is 5.03. The molecule has 0 bridgehead atoms. The molecule has 0 spiro atoms. The van der Waals surface area contributed by atoms with E-state index in [4.69, 9.17) is 4.74 Å². The van der Waals surface area contributed by atoms with E-state index >= 15 is 0 Å². The second-order valence-corrected chi connectivity index (χ2v) is 8.29. The third kappa shape index (κ3) is 4.40. The summed E-state index contributed by atoms with van der Waals surface area (Å²) in [5, 5.41) is 11.0. The summed E-state index contributed by atoms with van der Waals surface area (Å²) in [5.41, 5.74) is 1.80. The predicted molar refractivity (Wildman–Crippen MR) is 108 cm³/mol. The highest BCUT2D eigenvalue weighted by Gasteiger charge is 2.20. The summed E-state index contributed by atoms with van der Waals surface area (Å²) in [6.07, 6.45) is 4.31. The fourth-order valence-corrected chi connectivity index (χ4v) is 4.17. The van der Waals surface area contributed by atoms with Gasteiger partial charge < -0.3 is 4.74 Å². The van der Waals surface area contributed by atoms with Crippen LogP contribution in [0.4, 0.5) is 0 Å². The number of Topliss-reactive ketones (excluding diaryl/α,β-unsaturated/α-hetero) is 1. The molecule has 28 heavy (non-hydrogen) atoms. The maximum atomic E-state index is 12.5. The van der Waals surface area contributed by atoms with Crippen molar-refractivity contribution in [3.05, 3.63) is 35.2 Å². The molecule has 4 rings (SSSR count). The first kappa shape index (κ1) is 19.0. The van der Waals surface area contributed by atoms with E-state index in [2.05, 4.69) is 25.1 Å². The Labute approximate surface area is 167 Å². The fraction of sp³-hybridized carbons (Fsp3) is 0.450. The molecule has 0 unspecified atom stereocenters. The molecule has 1 fully saturated rings. The molecule has 3 heterocycles. The summed E-state index contributed by atoms with van der Waals surface area (Å²) in [4.78, 5) is 23.7. The molecule has 8 heteroatoms. The number of carbonyl (C=O) groups is 1. The number of fused-ring (bicyclic) bond motifs is 1. The SMILES string of the molecule is COC1CCN(CC(=O)Cc2ncc3ccc(-c4nnc(C)s4)cc3n2)CC1. The van der Waals surface area contributed by atoms with Crippen LogP contribution < -0.4 is 0 Å². The number of benzene rings is 1. The summed E-state index contributed by atoms with van der Waals surface area (Å²) >= 11 is 1.55. The van der Waals surface area contributed by atoms with Gasteiger partial charge in [-0.3, -0.25) is 9.69 Å². The average Bonchev–Trinajstić information content (AvgIpc) is 3.14. The smallest absolute Gasteiger partial charge is 0.154 e. The number of likely N-dealkylation sites (tertiary alicyclic amines) is 1. The molecule has 1 saturated heterocycles. The van der Waals surface area contributed by atoms with Crippen LogP contribution in [0.3, 0.4) is 0 Å². The lowest BCUT2D eigenvalue weighted by molar-refractivity contribution is -0.120. The van der Waals surface area contributed by atoms with Crippen molar-refractivity contribution in [2.75, 3.05) is 26.7 Å². The summed E-state index contributed by atoms with van der Waals surface area (Å²) in [6, 6.07) is 5.97. The van der Waals surface area contributed by atoms with E-state index in [1.54, 1.807) is 24.6 Å². The molecular formula is C20H23N5O2S. The van der Waals surface area contributed by atoms with Gasteiger partial charge in [-0.15, -0.1) is 10.2 Å². The predicted octanol–water partition coefficient (Wildman–Crippen LogP) is 2.68. The largest absolute Gasteiger partial charge is 0.381 e. The Morgan fingerprint density at radius 2 is 2.11 bits per heavy atom. The lowest BCUT2D eigenvalue weighted by Gasteiger charge is -2.30. The number of piperidine rings is 1. The number of rotatable bonds is 6. The van der Waals surface area contributed by atoms with Crippen molar-refractivity contribution in [2.45, 2.75) is 32.3 Å². The van der Waals surface area contributed by atoms with Crippen LogP contribution in [0.2, 0.25) is 0 Å². The van der Waals surface area contributed by atoms with Gasteiger partial charge in [-0.1, -0.05) is 23.5 Å². The van der Waals surface area contributed by atoms with Crippen LogP contribution in [0, 0.1) is 6.92 Å². The molecule has 0 saturated carbocycles. The number of hydrogen-bond donors (Lipinski definition) is 0. The van der Waals surface area contributed by atoms with Crippen LogP contribution in [-0.4, -0.2) is 63.7 Å². The molecule has 3 aromatic rings. The van der Waals surface area contributed by atoms with Crippen LogP contribution in [0.15, 0.2) is 24.4 Å². The van der Waals surface area contributed by atoms with Crippen molar-refractivity contribution in [1.82, 2.24) is 25.1 Å². The van der Waals surface area contributed by atoms with Crippen molar-refractivity contribution in [2.24, 2.45) is 0 Å². The van der Waals surface area contributed by atoms with Crippen molar-refractivity contribution in [1.29, 1.82) is 0 Å². The lowest BCUT2D eigenvalue weighted by Crippen LogP contribution is -2.40. The van der Waals surface area contributed by atoms with Crippen LogP contribution in [0.25, 0.3) is 21.5 Å². The third-order valence-corrected chi connectivity index (χ3v) is 5.92. The van der Waals surface area contributed by atoms with Crippen molar-refractivity contribution in [3.8, 4) is 10.6 Å². The highest BCUT2D eigenvalue weighted by Crippen LogP contribution is 2.26. The Kier molecular flexibility index (Phi) is 5.70. The van der Waals surface area contributed by atoms with Gasteiger partial charge in [-0.05, 0) is 25.8 Å². The second-order valence-electron chi connectivity index (χ2n) is 7.11. The Morgan fingerprint density at radius 3 is 2.82 bits per heavy atom. The number of methoxy groups -OCH3 is 1. The average molecular weight is 398 g/mol. The van der Waals surface area contributed by atoms with E-state index in [1.165, 1.54) is 0 Å². The number of carbonyl (C=O) groups excluding carboxylic acids is 1. The number of ketones is 1. The first-order valence-electron chi connectivity index (χ1n) is 9.44. The van der Waals surface area contributed by atoms with E-state index in [-0.39, 0.29) is 12.2 Å². The van der Waals surface area contributed by atoms with E-state index in [1.807, 2.05) is 25.1 Å². The van der Waals surface area contributed by atoms with Crippen molar-refractivity contribution in [3.63, 3.8) is 0 Å². The van der Waals surface area contributed by atoms with Crippen LogP contribution >= 0.6 is 11.3 Å². The molecule has 1 aliphatic rings. The van der Waals surface area contributed by atoms with E-state index in [9.17, 15) is 4.79 Å². The zero-order valence-corrected chi connectivity index (χ0v) is 16.9. The molecule has 0 atom stereocenters. The molecule has 1 aromatic carbocycles. The minimum Gasteiger partial charge on any atom is -0.381 e. The molecule has 0 aliphatic carbocycles. The quantitative estimate of drug-likeness (QED) is 0.632. The Bertz CT molecular complexity index is 982. The molecule has 2 aromatic heterocycles. The van der Waals surface area contributed by atoms with E-state index in [0.29, 0.717) is 18.5 Å². The van der Waals surface area contributed by atoms with Crippen LogP contribution in [0.1, 0.15) is 23.7 Å². The minimum absolute atomic E-state index is 0.145. The normalized spacial score (nSPS) is 15.9. The summed E-state index contributed by atoms with van der Waals surface area (Å²) in [5.74, 6) is 0.709. The summed E-state index contributed by atoms with van der Waals surface area (Å²) in [6.45, 7) is 4.18. The summed E-state index contributed by atoms with van der Waals surface area (Å²) in [7, 11) is 1.75. The number of aromatic nitrogens is 4. The van der Waals surface area contributed by atoms with Gasteiger partial charge >= 0.3 is 0 Å². The molecule has 0 N–H and O–H groups in total. The molecule has 146 valence electrons. The zero-order valence-electron chi connectivity index (χ0n) is 16.1. The van der Waals surface area contributed by atoms with E-state index < -0.39 is 0 Å². The maximum Gasteiger partial charge on any atom is 0.154 e. The number of nitrogens with zero attached hydrogens (tertiary/aromatic N) is 5. The van der Waals surface area contributed by atoms with Crippen molar-refractivity contribution < 1.29 is 9.53 Å². The summed E-state index contributed by atoms with van der Waals surface area (Å²) < 4.78 is 5.38. The van der Waals surface area contributed by atoms with Gasteiger partial charge in [0.05, 0.1) is 24.6 Å². The monoisotopic (exact) mass is 397 g/mol. The maximum absolute atomic E-state index is 12.5. The van der Waals surface area contributed by atoms with Gasteiger partial charge in [-0.25, -0.2) is 9.97 Å². The molecule has 7 nitrogen and oxygen atoms in total. The molecule has 1 aliphatic heterocycles. The van der Waals surface area contributed by atoms with Gasteiger partial charge in [0.15, 0.2) is 5.78 Å². The molecule has 0 radical (unpaired) electrons. The highest BCUT2D eigenvalue weighted by atomic mass is 32.1. The second kappa shape index (κ2) is 8.38. The Morgan fingerprint density at radius 1 is 1.29 bits per heavy atom. The topological polar surface area (TPSA) is 81.1 Å². The van der Waals surface area contributed by atoms with Crippen molar-refractivity contribution >= 4 is 28.0 Å². The van der Waals surface area contributed by atoms with Gasteiger partial charge in [0.25, 0.3) is 0 Å². The van der Waals surface area contributed by atoms with Gasteiger partial charge in [0.2, 0.25) is 0 Å². The molecular weight excluding hydrogens is 374 g/mol. The van der Waals surface area contributed by atoms with Crippen LogP contribution in [0.5, 0.6) is 0 Å². The zero-order chi connectivity index (χ0) is 19.5. The van der Waals surface area contributed by atoms with E-state index in [0.717, 1.165) is 52.4 Å². The standard InChI is InChI=1S/C20H23N5O2S/c1-13-23-24-20(28-13)14-3-4-15-11-21-19(22-18(15)9-14)10-16(26)12-25-7-5-17(27-2)6-8-25/h3-4,9,11,17H,5-8,10,12H2,1-2H3. The first-order valence-corrected chi connectivity index (χ1v) is 10.3. The number of hydrogen-bond acceptors (Lipinski definition) is 8. The number of ether oxygens (including phenoxy) is 1. The Balaban J connectivity index is 1.44. The highest BCUT2D eigenvalue weighted by molar-refractivity contribution is 7.14. The minimum atomic E-state index is 0.145. The fourth-order valence-electron chi connectivity index (χ4n) is 3.48. The lowest BCUT2D eigenvalue weighted by atomic mass is 10.1. The number of aryl methyl sites for hydroxylation is 1. The first-order chi connectivity index (χ1) is 13.6. The van der Waals surface area contributed by atoms with Gasteiger partial charge in [0, 0.05) is 37.3 Å².